The fourth-order valence-electron chi connectivity index (χ4n) is 1.40. The van der Waals surface area contributed by atoms with E-state index in [2.05, 4.69) is 17.1 Å². The maximum absolute atomic E-state index is 12.9. The third kappa shape index (κ3) is 4.91. The van der Waals surface area contributed by atoms with Crippen LogP contribution in [0, 0.1) is 5.82 Å². The Morgan fingerprint density at radius 2 is 2.00 bits per heavy atom. The molecular formula is C13H14ClFN2S3. The summed E-state index contributed by atoms with van der Waals surface area (Å²) in [5.41, 5.74) is 0.911. The van der Waals surface area contributed by atoms with Crippen LogP contribution in [0.5, 0.6) is 0 Å². The summed E-state index contributed by atoms with van der Waals surface area (Å²) in [4.78, 5) is 0. The van der Waals surface area contributed by atoms with Gasteiger partial charge in [-0.05, 0) is 24.1 Å². The first-order valence-electron chi connectivity index (χ1n) is 6.22. The van der Waals surface area contributed by atoms with Gasteiger partial charge in [0.2, 0.25) is 0 Å². The van der Waals surface area contributed by atoms with E-state index in [0.29, 0.717) is 10.8 Å². The second kappa shape index (κ2) is 8.22. The molecule has 20 heavy (non-hydrogen) atoms. The maximum Gasteiger partial charge on any atom is 0.175 e. The lowest BCUT2D eigenvalue weighted by atomic mass is 10.2. The fourth-order valence-corrected chi connectivity index (χ4v) is 4.89. The van der Waals surface area contributed by atoms with Crippen molar-refractivity contribution in [1.82, 2.24) is 10.2 Å². The summed E-state index contributed by atoms with van der Waals surface area (Å²) in [5.74, 6) is 1.45. The van der Waals surface area contributed by atoms with E-state index in [9.17, 15) is 4.39 Å². The number of hydrogen-bond donors (Lipinski definition) is 0. The van der Waals surface area contributed by atoms with Crippen molar-refractivity contribution in [3.05, 3.63) is 34.6 Å². The van der Waals surface area contributed by atoms with Crippen molar-refractivity contribution in [3.8, 4) is 0 Å². The molecule has 1 aromatic carbocycles. The summed E-state index contributed by atoms with van der Waals surface area (Å²) in [7, 11) is 0. The Balaban J connectivity index is 1.87. The highest BCUT2D eigenvalue weighted by Crippen LogP contribution is 2.32. The number of benzene rings is 1. The first-order valence-corrected chi connectivity index (χ1v) is 9.38. The van der Waals surface area contributed by atoms with Gasteiger partial charge < -0.3 is 0 Å². The quantitative estimate of drug-likeness (QED) is 0.486. The van der Waals surface area contributed by atoms with Crippen LogP contribution >= 0.6 is 46.5 Å². The van der Waals surface area contributed by atoms with E-state index in [-0.39, 0.29) is 5.82 Å². The predicted octanol–water partition coefficient (Wildman–Crippen LogP) is 5.52. The van der Waals surface area contributed by atoms with Crippen molar-refractivity contribution in [2.75, 3.05) is 5.75 Å². The van der Waals surface area contributed by atoms with Gasteiger partial charge in [0.05, 0.1) is 0 Å². The minimum Gasteiger partial charge on any atom is -0.207 e. The normalized spacial score (nSPS) is 10.9. The molecule has 0 bridgehead atoms. The zero-order valence-corrected chi connectivity index (χ0v) is 14.1. The molecule has 0 amide bonds. The SMILES string of the molecule is CCCCSc1nnc(SCc2ccc(F)cc2Cl)s1. The Bertz CT molecular complexity index is 562. The Labute approximate surface area is 135 Å². The van der Waals surface area contributed by atoms with Gasteiger partial charge >= 0.3 is 0 Å². The van der Waals surface area contributed by atoms with Crippen molar-refractivity contribution in [2.45, 2.75) is 34.2 Å². The zero-order valence-electron chi connectivity index (χ0n) is 10.9. The zero-order chi connectivity index (χ0) is 14.4. The molecule has 0 aliphatic carbocycles. The maximum atomic E-state index is 12.9. The van der Waals surface area contributed by atoms with Gasteiger partial charge in [0.1, 0.15) is 5.82 Å². The average molecular weight is 349 g/mol. The fraction of sp³-hybridized carbons (Fsp3) is 0.385. The molecule has 1 heterocycles. The number of aromatic nitrogens is 2. The van der Waals surface area contributed by atoms with Gasteiger partial charge in [-0.1, -0.05) is 65.9 Å². The molecule has 2 rings (SSSR count). The molecule has 7 heteroatoms. The van der Waals surface area contributed by atoms with Crippen LogP contribution in [0.4, 0.5) is 4.39 Å². The minimum atomic E-state index is -0.311. The predicted molar refractivity (Wildman–Crippen MR) is 86.5 cm³/mol. The summed E-state index contributed by atoms with van der Waals surface area (Å²) in [6, 6.07) is 4.47. The highest BCUT2D eigenvalue weighted by Gasteiger charge is 2.08. The van der Waals surface area contributed by atoms with Gasteiger partial charge in [-0.25, -0.2) is 4.39 Å². The highest BCUT2D eigenvalue weighted by molar-refractivity contribution is 8.02. The van der Waals surface area contributed by atoms with Gasteiger partial charge in [-0.2, -0.15) is 0 Å². The largest absolute Gasteiger partial charge is 0.207 e. The van der Waals surface area contributed by atoms with Gasteiger partial charge in [-0.15, -0.1) is 10.2 Å². The molecule has 0 aliphatic heterocycles. The summed E-state index contributed by atoms with van der Waals surface area (Å²) in [6.45, 7) is 2.17. The van der Waals surface area contributed by atoms with Crippen molar-refractivity contribution < 1.29 is 4.39 Å². The lowest BCUT2D eigenvalue weighted by Crippen LogP contribution is -1.84. The minimum absolute atomic E-state index is 0.311. The van der Waals surface area contributed by atoms with E-state index in [1.54, 1.807) is 40.9 Å². The number of halogens is 2. The Morgan fingerprint density at radius 3 is 2.70 bits per heavy atom. The molecule has 0 aliphatic rings. The number of hydrogen-bond acceptors (Lipinski definition) is 5. The topological polar surface area (TPSA) is 25.8 Å². The van der Waals surface area contributed by atoms with Crippen molar-refractivity contribution in [3.63, 3.8) is 0 Å². The third-order valence-electron chi connectivity index (χ3n) is 2.48. The molecule has 0 N–H and O–H groups in total. The number of rotatable bonds is 7. The van der Waals surface area contributed by atoms with Crippen LogP contribution in [0.15, 0.2) is 26.9 Å². The molecule has 0 spiro atoms. The van der Waals surface area contributed by atoms with E-state index in [0.717, 1.165) is 20.0 Å². The highest BCUT2D eigenvalue weighted by atomic mass is 35.5. The Morgan fingerprint density at radius 1 is 1.25 bits per heavy atom. The van der Waals surface area contributed by atoms with Crippen LogP contribution in [0.1, 0.15) is 25.3 Å². The smallest absolute Gasteiger partial charge is 0.175 e. The van der Waals surface area contributed by atoms with Crippen molar-refractivity contribution >= 4 is 46.5 Å². The van der Waals surface area contributed by atoms with E-state index in [1.807, 2.05) is 0 Å². The molecule has 0 saturated carbocycles. The van der Waals surface area contributed by atoms with Crippen molar-refractivity contribution in [2.24, 2.45) is 0 Å². The number of unbranched alkanes of at least 4 members (excludes halogenated alkanes) is 1. The first kappa shape index (κ1) is 16.1. The van der Waals surface area contributed by atoms with Crippen LogP contribution in [-0.4, -0.2) is 16.0 Å². The number of thioether (sulfide) groups is 2. The average Bonchev–Trinajstić information content (AvgIpc) is 2.86. The van der Waals surface area contributed by atoms with Gasteiger partial charge in [0.15, 0.2) is 8.68 Å². The summed E-state index contributed by atoms with van der Waals surface area (Å²) >= 11 is 10.9. The molecule has 2 aromatic rings. The van der Waals surface area contributed by atoms with Gasteiger partial charge in [-0.3, -0.25) is 0 Å². The summed E-state index contributed by atoms with van der Waals surface area (Å²) in [5, 5.41) is 8.76. The van der Waals surface area contributed by atoms with Crippen LogP contribution in [0.2, 0.25) is 5.02 Å². The van der Waals surface area contributed by atoms with Crippen LogP contribution in [0.3, 0.4) is 0 Å². The summed E-state index contributed by atoms with van der Waals surface area (Å²) < 4.78 is 14.9. The van der Waals surface area contributed by atoms with Crippen molar-refractivity contribution in [1.29, 1.82) is 0 Å². The first-order chi connectivity index (χ1) is 9.69. The molecule has 0 saturated heterocycles. The van der Waals surface area contributed by atoms with Crippen LogP contribution in [0.25, 0.3) is 0 Å². The number of nitrogens with zero attached hydrogens (tertiary/aromatic N) is 2. The molecule has 1 aromatic heterocycles. The molecular weight excluding hydrogens is 335 g/mol. The molecule has 0 atom stereocenters. The molecule has 2 nitrogen and oxygen atoms in total. The monoisotopic (exact) mass is 348 g/mol. The van der Waals surface area contributed by atoms with E-state index in [4.69, 9.17) is 11.6 Å². The van der Waals surface area contributed by atoms with Crippen LogP contribution < -0.4 is 0 Å². The second-order valence-corrected chi connectivity index (χ2v) is 8.01. The Hall–Kier alpha value is -0.300. The van der Waals surface area contributed by atoms with E-state index >= 15 is 0 Å². The molecule has 0 fully saturated rings. The second-order valence-electron chi connectivity index (χ2n) is 4.06. The Kier molecular flexibility index (Phi) is 6.61. The molecule has 0 unspecified atom stereocenters. The molecule has 108 valence electrons. The van der Waals surface area contributed by atoms with Gasteiger partial charge in [0.25, 0.3) is 0 Å². The molecule has 0 radical (unpaired) electrons. The van der Waals surface area contributed by atoms with E-state index in [1.165, 1.54) is 25.0 Å². The lowest BCUT2D eigenvalue weighted by molar-refractivity contribution is 0.627. The van der Waals surface area contributed by atoms with Crippen LogP contribution in [-0.2, 0) is 5.75 Å². The standard InChI is InChI=1S/C13H14ClFN2S3/c1-2-3-6-18-12-16-17-13(20-12)19-8-9-4-5-10(15)7-11(9)14/h4-5,7H,2-3,6,8H2,1H3. The summed E-state index contributed by atoms with van der Waals surface area (Å²) in [6.07, 6.45) is 2.38. The third-order valence-corrected chi connectivity index (χ3v) is 6.15. The van der Waals surface area contributed by atoms with Gasteiger partial charge in [0, 0.05) is 16.5 Å². The van der Waals surface area contributed by atoms with E-state index < -0.39 is 0 Å². The lowest BCUT2D eigenvalue weighted by Gasteiger charge is -2.01.